The predicted molar refractivity (Wildman–Crippen MR) is 67.8 cm³/mol. The fourth-order valence-corrected chi connectivity index (χ4v) is 2.22. The van der Waals surface area contributed by atoms with Gasteiger partial charge in [-0.2, -0.15) is 0 Å². The standard InChI is InChI=1S/C12H11NO3S/c14-11(15)13(10-4-2-1-3-5-10)12(16)6-8-17-9-7-12/h1-9,16H,(H,14,15). The molecule has 0 saturated carbocycles. The Kier molecular flexibility index (Phi) is 3.21. The Morgan fingerprint density at radius 3 is 2.29 bits per heavy atom. The smallest absolute Gasteiger partial charge is 0.414 e. The molecule has 0 aromatic heterocycles. The topological polar surface area (TPSA) is 60.8 Å². The van der Waals surface area contributed by atoms with Crippen LogP contribution in [0.25, 0.3) is 0 Å². The molecule has 2 N–H and O–H groups in total. The Bertz CT molecular complexity index is 458. The van der Waals surface area contributed by atoms with E-state index >= 15 is 0 Å². The molecule has 0 radical (unpaired) electrons. The molecule has 2 rings (SSSR count). The fourth-order valence-electron chi connectivity index (χ4n) is 1.58. The highest BCUT2D eigenvalue weighted by atomic mass is 32.2. The van der Waals surface area contributed by atoms with Crippen LogP contribution in [0.4, 0.5) is 10.5 Å². The molecule has 0 spiro atoms. The summed E-state index contributed by atoms with van der Waals surface area (Å²) >= 11 is 1.38. The average molecular weight is 249 g/mol. The van der Waals surface area contributed by atoms with Crippen LogP contribution < -0.4 is 4.90 Å². The summed E-state index contributed by atoms with van der Waals surface area (Å²) < 4.78 is 0. The lowest BCUT2D eigenvalue weighted by molar-refractivity contribution is 0.124. The number of carboxylic acid groups (broad SMARTS) is 1. The van der Waals surface area contributed by atoms with Gasteiger partial charge in [0.2, 0.25) is 0 Å². The highest BCUT2D eigenvalue weighted by Gasteiger charge is 2.35. The highest BCUT2D eigenvalue weighted by Crippen LogP contribution is 2.29. The number of nitrogens with zero attached hydrogens (tertiary/aromatic N) is 1. The Hall–Kier alpha value is -1.72. The van der Waals surface area contributed by atoms with Gasteiger partial charge in [-0.25, -0.2) is 9.69 Å². The van der Waals surface area contributed by atoms with E-state index in [1.807, 2.05) is 0 Å². The van der Waals surface area contributed by atoms with Crippen molar-refractivity contribution in [1.82, 2.24) is 0 Å². The largest absolute Gasteiger partial charge is 0.465 e. The van der Waals surface area contributed by atoms with Gasteiger partial charge in [-0.05, 0) is 35.1 Å². The molecule has 0 aliphatic carbocycles. The van der Waals surface area contributed by atoms with Gasteiger partial charge in [0.05, 0.1) is 5.69 Å². The molecule has 88 valence electrons. The molecular formula is C12H11NO3S. The average Bonchev–Trinajstić information content (AvgIpc) is 2.30. The number of rotatable bonds is 2. The number of para-hydroxylation sites is 1. The van der Waals surface area contributed by atoms with Crippen molar-refractivity contribution in [3.05, 3.63) is 53.3 Å². The Morgan fingerprint density at radius 1 is 1.18 bits per heavy atom. The Morgan fingerprint density at radius 2 is 1.76 bits per heavy atom. The molecule has 1 aliphatic rings. The molecule has 5 heteroatoms. The van der Waals surface area contributed by atoms with Crippen LogP contribution in [0.1, 0.15) is 0 Å². The van der Waals surface area contributed by atoms with Crippen molar-refractivity contribution in [1.29, 1.82) is 0 Å². The van der Waals surface area contributed by atoms with E-state index < -0.39 is 11.8 Å². The van der Waals surface area contributed by atoms with E-state index in [4.69, 9.17) is 0 Å². The van der Waals surface area contributed by atoms with Crippen molar-refractivity contribution in [3.8, 4) is 0 Å². The molecule has 1 amide bonds. The third kappa shape index (κ3) is 2.35. The second-order valence-corrected chi connectivity index (χ2v) is 4.29. The fraction of sp³-hybridized carbons (Fsp3) is 0.0833. The van der Waals surface area contributed by atoms with E-state index in [2.05, 4.69) is 0 Å². The van der Waals surface area contributed by atoms with Gasteiger partial charge in [-0.1, -0.05) is 18.2 Å². The summed E-state index contributed by atoms with van der Waals surface area (Å²) in [6.07, 6.45) is 1.68. The quantitative estimate of drug-likeness (QED) is 0.791. The minimum atomic E-state index is -1.63. The monoisotopic (exact) mass is 249 g/mol. The van der Waals surface area contributed by atoms with E-state index in [9.17, 15) is 15.0 Å². The number of amides is 1. The number of hydrogen-bond acceptors (Lipinski definition) is 3. The Balaban J connectivity index is 2.43. The molecule has 1 aromatic carbocycles. The zero-order chi connectivity index (χ0) is 12.3. The zero-order valence-electron chi connectivity index (χ0n) is 8.85. The number of benzene rings is 1. The summed E-state index contributed by atoms with van der Waals surface area (Å²) in [5.41, 5.74) is -1.21. The molecule has 4 nitrogen and oxygen atoms in total. The van der Waals surface area contributed by atoms with Gasteiger partial charge in [-0.15, -0.1) is 11.8 Å². The number of hydrogen-bond donors (Lipinski definition) is 2. The number of anilines is 1. The number of aliphatic hydroxyl groups is 1. The van der Waals surface area contributed by atoms with Gasteiger partial charge in [0.15, 0.2) is 5.72 Å². The summed E-state index contributed by atoms with van der Waals surface area (Å²) in [6, 6.07) is 8.50. The maximum Gasteiger partial charge on any atom is 0.414 e. The first-order chi connectivity index (χ1) is 8.13. The zero-order valence-corrected chi connectivity index (χ0v) is 9.67. The lowest BCUT2D eigenvalue weighted by atomic mass is 10.1. The molecule has 0 atom stereocenters. The van der Waals surface area contributed by atoms with Gasteiger partial charge < -0.3 is 10.2 Å². The van der Waals surface area contributed by atoms with Crippen LogP contribution in [0.5, 0.6) is 0 Å². The first-order valence-electron chi connectivity index (χ1n) is 4.95. The highest BCUT2D eigenvalue weighted by molar-refractivity contribution is 8.04. The van der Waals surface area contributed by atoms with Crippen molar-refractivity contribution in [2.45, 2.75) is 5.72 Å². The van der Waals surface area contributed by atoms with Crippen molar-refractivity contribution in [2.75, 3.05) is 4.90 Å². The molecular weight excluding hydrogens is 238 g/mol. The lowest BCUT2D eigenvalue weighted by Gasteiger charge is -2.34. The van der Waals surface area contributed by atoms with E-state index in [0.29, 0.717) is 5.69 Å². The molecule has 1 aromatic rings. The van der Waals surface area contributed by atoms with E-state index in [-0.39, 0.29) is 0 Å². The van der Waals surface area contributed by atoms with Crippen LogP contribution in [0, 0.1) is 0 Å². The normalized spacial score (nSPS) is 16.8. The van der Waals surface area contributed by atoms with E-state index in [1.165, 1.54) is 23.9 Å². The second-order valence-electron chi connectivity index (χ2n) is 3.48. The third-order valence-corrected chi connectivity index (χ3v) is 2.93. The van der Waals surface area contributed by atoms with Crippen LogP contribution in [0.15, 0.2) is 53.3 Å². The van der Waals surface area contributed by atoms with Gasteiger partial charge in [0, 0.05) is 0 Å². The molecule has 1 aliphatic heterocycles. The summed E-state index contributed by atoms with van der Waals surface area (Å²) in [4.78, 5) is 12.2. The molecule has 0 fully saturated rings. The van der Waals surface area contributed by atoms with Crippen molar-refractivity contribution in [2.24, 2.45) is 0 Å². The van der Waals surface area contributed by atoms with Gasteiger partial charge in [0.1, 0.15) is 0 Å². The molecule has 17 heavy (non-hydrogen) atoms. The molecule has 0 unspecified atom stereocenters. The number of thioether (sulfide) groups is 1. The second kappa shape index (κ2) is 4.65. The van der Waals surface area contributed by atoms with Crippen molar-refractivity contribution in [3.63, 3.8) is 0 Å². The summed E-state index contributed by atoms with van der Waals surface area (Å²) in [5, 5.41) is 22.9. The minimum absolute atomic E-state index is 0.420. The van der Waals surface area contributed by atoms with Crippen molar-refractivity contribution >= 4 is 23.5 Å². The first kappa shape index (κ1) is 11.8. The van der Waals surface area contributed by atoms with E-state index in [0.717, 1.165) is 4.90 Å². The van der Waals surface area contributed by atoms with Gasteiger partial charge >= 0.3 is 6.09 Å². The molecule has 0 bridgehead atoms. The van der Waals surface area contributed by atoms with Gasteiger partial charge in [-0.3, -0.25) is 0 Å². The van der Waals surface area contributed by atoms with Crippen LogP contribution >= 0.6 is 11.8 Å². The van der Waals surface area contributed by atoms with Crippen LogP contribution in [-0.4, -0.2) is 22.0 Å². The predicted octanol–water partition coefficient (Wildman–Crippen LogP) is 2.63. The maximum atomic E-state index is 11.3. The van der Waals surface area contributed by atoms with Crippen LogP contribution in [-0.2, 0) is 0 Å². The third-order valence-electron chi connectivity index (χ3n) is 2.35. The summed E-state index contributed by atoms with van der Waals surface area (Å²) in [7, 11) is 0. The van der Waals surface area contributed by atoms with Crippen LogP contribution in [0.2, 0.25) is 0 Å². The summed E-state index contributed by atoms with van der Waals surface area (Å²) in [6.45, 7) is 0. The van der Waals surface area contributed by atoms with Gasteiger partial charge in [0.25, 0.3) is 0 Å². The lowest BCUT2D eigenvalue weighted by Crippen LogP contribution is -2.49. The van der Waals surface area contributed by atoms with Crippen LogP contribution in [0.3, 0.4) is 0 Å². The van der Waals surface area contributed by atoms with Crippen molar-refractivity contribution < 1.29 is 15.0 Å². The maximum absolute atomic E-state index is 11.3. The molecule has 0 saturated heterocycles. The molecule has 1 heterocycles. The Labute approximate surface area is 103 Å². The van der Waals surface area contributed by atoms with E-state index in [1.54, 1.807) is 41.1 Å². The minimum Gasteiger partial charge on any atom is -0.465 e. The number of carbonyl (C=O) groups is 1. The summed E-state index contributed by atoms with van der Waals surface area (Å²) in [5.74, 6) is 0. The first-order valence-corrected chi connectivity index (χ1v) is 5.89. The SMILES string of the molecule is O=C(O)N(c1ccccc1)C1(O)C=CSC=C1.